The molecule has 16 heavy (non-hydrogen) atoms. The standard InChI is InChI=1S/C11H20N2O3/c1-8(2)4-3-5-12-11(16)13-6-9(7-13)10(14)15/h8-9H,3-7H2,1-2H3,(H,12,16)(H,14,15). The molecule has 5 heteroatoms. The van der Waals surface area contributed by atoms with Crippen molar-refractivity contribution in [1.29, 1.82) is 0 Å². The minimum absolute atomic E-state index is 0.138. The molecule has 2 amide bonds. The maximum atomic E-state index is 11.5. The highest BCUT2D eigenvalue weighted by Crippen LogP contribution is 2.15. The van der Waals surface area contributed by atoms with Crippen LogP contribution in [0.25, 0.3) is 0 Å². The molecule has 1 heterocycles. The number of carbonyl (C=O) groups excluding carboxylic acids is 1. The summed E-state index contributed by atoms with van der Waals surface area (Å²) < 4.78 is 0. The van der Waals surface area contributed by atoms with Crippen molar-refractivity contribution in [2.24, 2.45) is 11.8 Å². The largest absolute Gasteiger partial charge is 0.481 e. The number of carboxylic acid groups (broad SMARTS) is 1. The molecule has 0 unspecified atom stereocenters. The zero-order chi connectivity index (χ0) is 12.1. The van der Waals surface area contributed by atoms with Crippen molar-refractivity contribution in [3.05, 3.63) is 0 Å². The molecule has 1 aliphatic heterocycles. The first-order valence-electron chi connectivity index (χ1n) is 5.76. The Balaban J connectivity index is 2.07. The summed E-state index contributed by atoms with van der Waals surface area (Å²) in [6.45, 7) is 5.64. The molecule has 0 saturated carbocycles. The Kier molecular flexibility index (Phi) is 4.58. The molecule has 0 aromatic heterocycles. The van der Waals surface area contributed by atoms with E-state index >= 15 is 0 Å². The molecule has 1 saturated heterocycles. The number of hydrogen-bond donors (Lipinski definition) is 2. The van der Waals surface area contributed by atoms with E-state index in [1.54, 1.807) is 0 Å². The number of likely N-dealkylation sites (tertiary alicyclic amines) is 1. The van der Waals surface area contributed by atoms with Crippen LogP contribution in [0, 0.1) is 11.8 Å². The van der Waals surface area contributed by atoms with Gasteiger partial charge in [-0.2, -0.15) is 0 Å². The van der Waals surface area contributed by atoms with Crippen molar-refractivity contribution in [1.82, 2.24) is 10.2 Å². The third kappa shape index (κ3) is 3.72. The van der Waals surface area contributed by atoms with E-state index < -0.39 is 5.97 Å². The summed E-state index contributed by atoms with van der Waals surface area (Å²) in [5.41, 5.74) is 0. The quantitative estimate of drug-likeness (QED) is 0.693. The molecule has 0 aromatic carbocycles. The number of aliphatic carboxylic acids is 1. The van der Waals surface area contributed by atoms with Gasteiger partial charge in [-0.25, -0.2) is 4.79 Å². The van der Waals surface area contributed by atoms with Gasteiger partial charge in [0, 0.05) is 19.6 Å². The highest BCUT2D eigenvalue weighted by atomic mass is 16.4. The van der Waals surface area contributed by atoms with Gasteiger partial charge in [-0.05, 0) is 18.8 Å². The maximum absolute atomic E-state index is 11.5. The predicted molar refractivity (Wildman–Crippen MR) is 60.2 cm³/mol. The van der Waals surface area contributed by atoms with Crippen LogP contribution in [-0.4, -0.2) is 41.6 Å². The van der Waals surface area contributed by atoms with Gasteiger partial charge < -0.3 is 15.3 Å². The summed E-state index contributed by atoms with van der Waals surface area (Å²) in [5, 5.41) is 11.4. The minimum Gasteiger partial charge on any atom is -0.481 e. The summed E-state index contributed by atoms with van der Waals surface area (Å²) >= 11 is 0. The Bertz CT molecular complexity index is 260. The van der Waals surface area contributed by atoms with Crippen LogP contribution in [0.15, 0.2) is 0 Å². The number of carboxylic acids is 1. The second-order valence-corrected chi connectivity index (χ2v) is 4.71. The molecular weight excluding hydrogens is 208 g/mol. The Morgan fingerprint density at radius 1 is 1.44 bits per heavy atom. The van der Waals surface area contributed by atoms with E-state index in [0.29, 0.717) is 25.6 Å². The lowest BCUT2D eigenvalue weighted by atomic mass is 10.0. The van der Waals surface area contributed by atoms with Crippen LogP contribution in [0.3, 0.4) is 0 Å². The Hall–Kier alpha value is -1.26. The van der Waals surface area contributed by atoms with Crippen LogP contribution in [-0.2, 0) is 4.79 Å². The Morgan fingerprint density at radius 3 is 2.56 bits per heavy atom. The van der Waals surface area contributed by atoms with Crippen LogP contribution in [0.1, 0.15) is 26.7 Å². The van der Waals surface area contributed by atoms with Gasteiger partial charge in [-0.3, -0.25) is 4.79 Å². The fourth-order valence-corrected chi connectivity index (χ4v) is 1.62. The molecule has 2 N–H and O–H groups in total. The number of amides is 2. The molecule has 0 radical (unpaired) electrons. The SMILES string of the molecule is CC(C)CCCNC(=O)N1CC(C(=O)O)C1. The number of urea groups is 1. The molecule has 0 spiro atoms. The van der Waals surface area contributed by atoms with Crippen LogP contribution < -0.4 is 5.32 Å². The first kappa shape index (κ1) is 12.8. The summed E-state index contributed by atoms with van der Waals surface area (Å²) in [5.74, 6) is -0.539. The lowest BCUT2D eigenvalue weighted by Gasteiger charge is -2.36. The van der Waals surface area contributed by atoms with Crippen molar-refractivity contribution in [3.8, 4) is 0 Å². The number of rotatable bonds is 5. The molecule has 1 fully saturated rings. The van der Waals surface area contributed by atoms with Gasteiger partial charge in [0.25, 0.3) is 0 Å². The lowest BCUT2D eigenvalue weighted by Crippen LogP contribution is -2.56. The van der Waals surface area contributed by atoms with Crippen molar-refractivity contribution in [2.75, 3.05) is 19.6 Å². The minimum atomic E-state index is -0.816. The summed E-state index contributed by atoms with van der Waals surface area (Å²) in [4.78, 5) is 23.5. The van der Waals surface area contributed by atoms with Gasteiger partial charge in [0.15, 0.2) is 0 Å². The van der Waals surface area contributed by atoms with Crippen molar-refractivity contribution in [3.63, 3.8) is 0 Å². The lowest BCUT2D eigenvalue weighted by molar-refractivity contribution is -0.146. The van der Waals surface area contributed by atoms with Gasteiger partial charge in [-0.1, -0.05) is 13.8 Å². The third-order valence-corrected chi connectivity index (χ3v) is 2.75. The Morgan fingerprint density at radius 2 is 2.06 bits per heavy atom. The second kappa shape index (κ2) is 5.72. The fraction of sp³-hybridized carbons (Fsp3) is 0.818. The second-order valence-electron chi connectivity index (χ2n) is 4.71. The third-order valence-electron chi connectivity index (χ3n) is 2.75. The van der Waals surface area contributed by atoms with E-state index in [1.807, 2.05) is 0 Å². The molecule has 92 valence electrons. The molecule has 0 aliphatic carbocycles. The first-order chi connectivity index (χ1) is 7.50. The number of carbonyl (C=O) groups is 2. The van der Waals surface area contributed by atoms with E-state index in [-0.39, 0.29) is 11.9 Å². The van der Waals surface area contributed by atoms with Crippen molar-refractivity contribution >= 4 is 12.0 Å². The zero-order valence-corrected chi connectivity index (χ0v) is 9.90. The van der Waals surface area contributed by atoms with Crippen molar-refractivity contribution < 1.29 is 14.7 Å². The van der Waals surface area contributed by atoms with E-state index in [9.17, 15) is 9.59 Å². The topological polar surface area (TPSA) is 69.6 Å². The van der Waals surface area contributed by atoms with Gasteiger partial charge in [0.05, 0.1) is 5.92 Å². The molecular formula is C11H20N2O3. The molecule has 0 atom stereocenters. The Labute approximate surface area is 95.8 Å². The monoisotopic (exact) mass is 228 g/mol. The van der Waals surface area contributed by atoms with E-state index in [0.717, 1.165) is 12.8 Å². The normalized spacial score (nSPS) is 16.1. The average Bonchev–Trinajstić information content (AvgIpc) is 2.08. The van der Waals surface area contributed by atoms with Crippen LogP contribution >= 0.6 is 0 Å². The molecule has 1 aliphatic rings. The van der Waals surface area contributed by atoms with Crippen LogP contribution in [0.4, 0.5) is 4.79 Å². The number of hydrogen-bond acceptors (Lipinski definition) is 2. The number of nitrogens with zero attached hydrogens (tertiary/aromatic N) is 1. The summed E-state index contributed by atoms with van der Waals surface area (Å²) in [7, 11) is 0. The highest BCUT2D eigenvalue weighted by molar-refractivity contribution is 5.79. The summed E-state index contributed by atoms with van der Waals surface area (Å²) in [6.07, 6.45) is 2.07. The maximum Gasteiger partial charge on any atom is 0.317 e. The fourth-order valence-electron chi connectivity index (χ4n) is 1.62. The molecule has 5 nitrogen and oxygen atoms in total. The van der Waals surface area contributed by atoms with Gasteiger partial charge in [0.2, 0.25) is 0 Å². The van der Waals surface area contributed by atoms with Crippen LogP contribution in [0.5, 0.6) is 0 Å². The van der Waals surface area contributed by atoms with Gasteiger partial charge in [-0.15, -0.1) is 0 Å². The van der Waals surface area contributed by atoms with E-state index in [2.05, 4.69) is 19.2 Å². The first-order valence-corrected chi connectivity index (χ1v) is 5.76. The highest BCUT2D eigenvalue weighted by Gasteiger charge is 2.35. The van der Waals surface area contributed by atoms with Crippen LogP contribution in [0.2, 0.25) is 0 Å². The van der Waals surface area contributed by atoms with Crippen molar-refractivity contribution in [2.45, 2.75) is 26.7 Å². The average molecular weight is 228 g/mol. The smallest absolute Gasteiger partial charge is 0.317 e. The van der Waals surface area contributed by atoms with Gasteiger partial charge in [0.1, 0.15) is 0 Å². The van der Waals surface area contributed by atoms with Gasteiger partial charge >= 0.3 is 12.0 Å². The molecule has 0 aromatic rings. The predicted octanol–water partition coefficient (Wildman–Crippen LogP) is 1.15. The molecule has 0 bridgehead atoms. The number of nitrogens with one attached hydrogen (secondary N) is 1. The van der Waals surface area contributed by atoms with E-state index in [1.165, 1.54) is 4.90 Å². The van der Waals surface area contributed by atoms with E-state index in [4.69, 9.17) is 5.11 Å². The zero-order valence-electron chi connectivity index (χ0n) is 9.90. The summed E-state index contributed by atoms with van der Waals surface area (Å²) in [6, 6.07) is -0.138. The molecule has 1 rings (SSSR count).